The van der Waals surface area contributed by atoms with Gasteiger partial charge in [-0.1, -0.05) is 35.5 Å². The maximum absolute atomic E-state index is 12.5. The molecule has 0 saturated carbocycles. The number of hydrogen-bond donors (Lipinski definition) is 0. The highest BCUT2D eigenvalue weighted by Gasteiger charge is 2.36. The normalized spacial score (nSPS) is 20.8. The lowest BCUT2D eigenvalue weighted by Crippen LogP contribution is -2.30. The molecule has 1 aliphatic heterocycles. The number of aryl methyl sites for hydroxylation is 1. The maximum Gasteiger partial charge on any atom is 0.228 e. The van der Waals surface area contributed by atoms with Crippen LogP contribution in [0.5, 0.6) is 0 Å². The molecule has 0 N–H and O–H groups in total. The van der Waals surface area contributed by atoms with Gasteiger partial charge in [0.2, 0.25) is 5.91 Å². The summed E-state index contributed by atoms with van der Waals surface area (Å²) in [5, 5.41) is 17.0. The van der Waals surface area contributed by atoms with Gasteiger partial charge in [-0.3, -0.25) is 9.48 Å². The second kappa shape index (κ2) is 5.98. The number of amides is 1. The summed E-state index contributed by atoms with van der Waals surface area (Å²) in [7, 11) is 1.77. The highest BCUT2D eigenvalue weighted by molar-refractivity contribution is 5.78. The zero-order chi connectivity index (χ0) is 15.5. The lowest BCUT2D eigenvalue weighted by molar-refractivity contribution is -0.129. The molecule has 0 spiro atoms. The van der Waals surface area contributed by atoms with Crippen LogP contribution in [0.15, 0.2) is 36.5 Å². The molecule has 2 aromatic rings. The molecule has 6 nitrogen and oxygen atoms in total. The first-order chi connectivity index (χ1) is 10.7. The van der Waals surface area contributed by atoms with E-state index in [9.17, 15) is 10.1 Å². The zero-order valence-corrected chi connectivity index (χ0v) is 12.4. The minimum atomic E-state index is -0.156. The molecule has 2 heterocycles. The van der Waals surface area contributed by atoms with Gasteiger partial charge < -0.3 is 4.90 Å². The number of carbonyl (C=O) groups excluding carboxylic acids is 1. The molecule has 0 bridgehead atoms. The Morgan fingerprint density at radius 1 is 1.36 bits per heavy atom. The van der Waals surface area contributed by atoms with Crippen molar-refractivity contribution in [1.82, 2.24) is 19.9 Å². The van der Waals surface area contributed by atoms with Crippen molar-refractivity contribution in [3.63, 3.8) is 0 Å². The van der Waals surface area contributed by atoms with Gasteiger partial charge in [-0.15, -0.1) is 5.10 Å². The highest BCUT2D eigenvalue weighted by atomic mass is 16.2. The smallest absolute Gasteiger partial charge is 0.228 e. The van der Waals surface area contributed by atoms with Crippen molar-refractivity contribution in [2.45, 2.75) is 12.3 Å². The summed E-state index contributed by atoms with van der Waals surface area (Å²) < 4.78 is 1.60. The molecule has 6 heteroatoms. The summed E-state index contributed by atoms with van der Waals surface area (Å²) in [5.41, 5.74) is 1.90. The Kier molecular flexibility index (Phi) is 3.88. The van der Waals surface area contributed by atoms with Crippen LogP contribution in [0.2, 0.25) is 0 Å². The van der Waals surface area contributed by atoms with Gasteiger partial charge in [0.1, 0.15) is 0 Å². The van der Waals surface area contributed by atoms with Gasteiger partial charge in [-0.25, -0.2) is 0 Å². The summed E-state index contributed by atoms with van der Waals surface area (Å²) in [6.45, 7) is 1.08. The van der Waals surface area contributed by atoms with E-state index in [2.05, 4.69) is 16.4 Å². The Balaban J connectivity index is 1.73. The summed E-state index contributed by atoms with van der Waals surface area (Å²) in [5.74, 6) is -0.0556. The predicted molar refractivity (Wildman–Crippen MR) is 79.6 cm³/mol. The van der Waals surface area contributed by atoms with Crippen LogP contribution >= 0.6 is 0 Å². The fourth-order valence-corrected chi connectivity index (χ4v) is 2.91. The van der Waals surface area contributed by atoms with Crippen molar-refractivity contribution in [3.05, 3.63) is 47.8 Å². The standard InChI is InChI=1S/C16H17N5O/c1-20-14(9-18-19-20)7-16(22)21-10-13(8-17)15(11-21)12-5-3-2-4-6-12/h2-6,9,13,15H,7,10-11H2,1H3/t13-,15+/m1/s1. The fraction of sp³-hybridized carbons (Fsp3) is 0.375. The van der Waals surface area contributed by atoms with E-state index in [1.807, 2.05) is 30.3 Å². The van der Waals surface area contributed by atoms with Gasteiger partial charge in [-0.05, 0) is 5.56 Å². The van der Waals surface area contributed by atoms with Crippen molar-refractivity contribution < 1.29 is 4.79 Å². The van der Waals surface area contributed by atoms with Crippen molar-refractivity contribution in [1.29, 1.82) is 5.26 Å². The van der Waals surface area contributed by atoms with Crippen LogP contribution in [0.3, 0.4) is 0 Å². The van der Waals surface area contributed by atoms with Crippen molar-refractivity contribution in [3.8, 4) is 6.07 Å². The molecule has 2 atom stereocenters. The monoisotopic (exact) mass is 295 g/mol. The molecule has 0 radical (unpaired) electrons. The van der Waals surface area contributed by atoms with E-state index in [-0.39, 0.29) is 24.2 Å². The zero-order valence-electron chi connectivity index (χ0n) is 12.4. The Morgan fingerprint density at radius 2 is 2.14 bits per heavy atom. The summed E-state index contributed by atoms with van der Waals surface area (Å²) >= 11 is 0. The van der Waals surface area contributed by atoms with Gasteiger partial charge in [0, 0.05) is 26.1 Å². The third-order valence-electron chi connectivity index (χ3n) is 4.21. The Morgan fingerprint density at radius 3 is 2.77 bits per heavy atom. The largest absolute Gasteiger partial charge is 0.340 e. The first kappa shape index (κ1) is 14.3. The van der Waals surface area contributed by atoms with Crippen molar-refractivity contribution in [2.75, 3.05) is 13.1 Å². The van der Waals surface area contributed by atoms with Gasteiger partial charge in [-0.2, -0.15) is 5.26 Å². The van der Waals surface area contributed by atoms with E-state index < -0.39 is 0 Å². The average Bonchev–Trinajstić information content (AvgIpc) is 3.15. The number of likely N-dealkylation sites (tertiary alicyclic amines) is 1. The van der Waals surface area contributed by atoms with E-state index in [0.29, 0.717) is 13.1 Å². The van der Waals surface area contributed by atoms with Crippen LogP contribution in [0.4, 0.5) is 0 Å². The maximum atomic E-state index is 12.5. The van der Waals surface area contributed by atoms with E-state index in [0.717, 1.165) is 11.3 Å². The van der Waals surface area contributed by atoms with Gasteiger partial charge >= 0.3 is 0 Å². The quantitative estimate of drug-likeness (QED) is 0.850. The van der Waals surface area contributed by atoms with Crippen LogP contribution in [-0.4, -0.2) is 38.9 Å². The molecule has 3 rings (SSSR count). The van der Waals surface area contributed by atoms with E-state index in [1.165, 1.54) is 0 Å². The summed E-state index contributed by atoms with van der Waals surface area (Å²) in [4.78, 5) is 14.2. The summed E-state index contributed by atoms with van der Waals surface area (Å²) in [6, 6.07) is 12.3. The van der Waals surface area contributed by atoms with Gasteiger partial charge in [0.15, 0.2) is 0 Å². The molecule has 1 saturated heterocycles. The second-order valence-corrected chi connectivity index (χ2v) is 5.58. The average molecular weight is 295 g/mol. The fourth-order valence-electron chi connectivity index (χ4n) is 2.91. The lowest BCUT2D eigenvalue weighted by atomic mass is 9.90. The number of benzene rings is 1. The molecule has 0 unspecified atom stereocenters. The lowest BCUT2D eigenvalue weighted by Gasteiger charge is -2.16. The number of hydrogen-bond acceptors (Lipinski definition) is 4. The molecular formula is C16H17N5O. The second-order valence-electron chi connectivity index (χ2n) is 5.58. The molecule has 1 aliphatic rings. The third kappa shape index (κ3) is 2.70. The third-order valence-corrected chi connectivity index (χ3v) is 4.21. The minimum absolute atomic E-state index is 0.0177. The molecule has 22 heavy (non-hydrogen) atoms. The SMILES string of the molecule is Cn1nncc1CC(=O)N1C[C@@H](C#N)[C@H](c2ccccc2)C1. The first-order valence-corrected chi connectivity index (χ1v) is 7.25. The van der Waals surface area contributed by atoms with Crippen LogP contribution in [0.1, 0.15) is 17.2 Å². The molecule has 0 aliphatic carbocycles. The molecular weight excluding hydrogens is 278 g/mol. The van der Waals surface area contributed by atoms with E-state index in [4.69, 9.17) is 0 Å². The number of rotatable bonds is 3. The molecule has 1 amide bonds. The van der Waals surface area contributed by atoms with Crippen LogP contribution < -0.4 is 0 Å². The number of carbonyl (C=O) groups is 1. The molecule has 1 fully saturated rings. The van der Waals surface area contributed by atoms with Crippen LogP contribution in [0.25, 0.3) is 0 Å². The Hall–Kier alpha value is -2.68. The van der Waals surface area contributed by atoms with E-state index in [1.54, 1.807) is 22.8 Å². The highest BCUT2D eigenvalue weighted by Crippen LogP contribution is 2.32. The van der Waals surface area contributed by atoms with Crippen molar-refractivity contribution in [2.24, 2.45) is 13.0 Å². The minimum Gasteiger partial charge on any atom is -0.340 e. The van der Waals surface area contributed by atoms with Crippen molar-refractivity contribution >= 4 is 5.91 Å². The first-order valence-electron chi connectivity index (χ1n) is 7.25. The predicted octanol–water partition coefficient (Wildman–Crippen LogP) is 1.12. The number of aromatic nitrogens is 3. The van der Waals surface area contributed by atoms with E-state index >= 15 is 0 Å². The van der Waals surface area contributed by atoms with Crippen LogP contribution in [0, 0.1) is 17.2 Å². The Bertz CT molecular complexity index is 703. The van der Waals surface area contributed by atoms with Gasteiger partial charge in [0.05, 0.1) is 30.3 Å². The number of nitrogens with zero attached hydrogens (tertiary/aromatic N) is 5. The summed E-state index contributed by atoms with van der Waals surface area (Å²) in [6.07, 6.45) is 1.87. The number of nitriles is 1. The van der Waals surface area contributed by atoms with Crippen LogP contribution in [-0.2, 0) is 18.3 Å². The molecule has 1 aromatic heterocycles. The molecule has 1 aromatic carbocycles. The Labute approximate surface area is 129 Å². The topological polar surface area (TPSA) is 74.8 Å². The molecule has 112 valence electrons. The van der Waals surface area contributed by atoms with Gasteiger partial charge in [0.25, 0.3) is 0 Å².